The largest absolute Gasteiger partial charge is 0.276 e. The van der Waals surface area contributed by atoms with E-state index in [0.717, 1.165) is 12.1 Å². The minimum atomic E-state index is 0.525. The van der Waals surface area contributed by atoms with Crippen LogP contribution in [0.25, 0.3) is 0 Å². The van der Waals surface area contributed by atoms with Crippen molar-refractivity contribution >= 4 is 12.1 Å². The van der Waals surface area contributed by atoms with E-state index in [1.807, 2.05) is 6.92 Å². The topological polar surface area (TPSA) is 29.4 Å². The average molecular weight is 211 g/mol. The van der Waals surface area contributed by atoms with Crippen LogP contribution in [0, 0.1) is 5.92 Å². The van der Waals surface area contributed by atoms with Gasteiger partial charge in [0.05, 0.1) is 0 Å². The molecule has 0 aliphatic rings. The Morgan fingerprint density at radius 2 is 1.87 bits per heavy atom. The third-order valence-electron chi connectivity index (χ3n) is 2.89. The van der Waals surface area contributed by atoms with Crippen molar-refractivity contribution in [1.29, 1.82) is 0 Å². The predicted octanol–water partition coefficient (Wildman–Crippen LogP) is 3.99. The summed E-state index contributed by atoms with van der Waals surface area (Å²) in [5, 5.41) is 0. The van der Waals surface area contributed by atoms with Crippen molar-refractivity contribution in [2.45, 2.75) is 65.7 Å². The van der Waals surface area contributed by atoms with Gasteiger partial charge in [0.2, 0.25) is 6.41 Å². The molecule has 0 saturated heterocycles. The summed E-state index contributed by atoms with van der Waals surface area (Å²) in [7, 11) is 0. The molecular weight excluding hydrogens is 186 g/mol. The van der Waals surface area contributed by atoms with Gasteiger partial charge in [-0.1, -0.05) is 46.0 Å². The molecule has 0 aromatic heterocycles. The number of nitrogens with zero attached hydrogens (tertiary/aromatic N) is 1. The van der Waals surface area contributed by atoms with Crippen molar-refractivity contribution in [2.75, 3.05) is 0 Å². The lowest BCUT2D eigenvalue weighted by Gasteiger charge is -2.14. The van der Waals surface area contributed by atoms with Crippen LogP contribution in [0.15, 0.2) is 4.99 Å². The summed E-state index contributed by atoms with van der Waals surface area (Å²) in [6, 6.07) is 0. The highest BCUT2D eigenvalue weighted by atomic mass is 16.1. The number of unbranched alkanes of at least 4 members (excludes halogenated alkanes) is 3. The van der Waals surface area contributed by atoms with Crippen LogP contribution >= 0.6 is 0 Å². The first kappa shape index (κ1) is 14.3. The van der Waals surface area contributed by atoms with Crippen LogP contribution in [0.1, 0.15) is 65.7 Å². The fourth-order valence-corrected chi connectivity index (χ4v) is 1.92. The maximum atomic E-state index is 10.3. The van der Waals surface area contributed by atoms with E-state index < -0.39 is 0 Å². The van der Waals surface area contributed by atoms with Gasteiger partial charge in [-0.25, -0.2) is 4.99 Å². The van der Waals surface area contributed by atoms with E-state index in [1.54, 1.807) is 0 Å². The second kappa shape index (κ2) is 9.88. The normalized spacial score (nSPS) is 13.9. The zero-order valence-electron chi connectivity index (χ0n) is 10.5. The van der Waals surface area contributed by atoms with E-state index in [1.165, 1.54) is 38.5 Å². The number of rotatable bonds is 9. The molecule has 0 rings (SSSR count). The molecule has 1 unspecified atom stereocenters. The molecule has 0 bridgehead atoms. The van der Waals surface area contributed by atoms with Gasteiger partial charge in [0.1, 0.15) is 0 Å². The SMILES string of the molecule is CCCCCCC(CCC)C(C)=NC=O. The first-order valence-corrected chi connectivity index (χ1v) is 6.24. The van der Waals surface area contributed by atoms with Gasteiger partial charge in [-0.15, -0.1) is 0 Å². The molecule has 0 aromatic rings. The zero-order chi connectivity index (χ0) is 11.5. The Bertz CT molecular complexity index is 187. The molecule has 0 fully saturated rings. The summed E-state index contributed by atoms with van der Waals surface area (Å²) in [6.45, 7) is 6.39. The van der Waals surface area contributed by atoms with Crippen molar-refractivity contribution < 1.29 is 4.79 Å². The Morgan fingerprint density at radius 1 is 1.13 bits per heavy atom. The fraction of sp³-hybridized carbons (Fsp3) is 0.846. The average Bonchev–Trinajstić information content (AvgIpc) is 2.23. The third kappa shape index (κ3) is 7.29. The Labute approximate surface area is 94.2 Å². The second-order valence-corrected chi connectivity index (χ2v) is 4.21. The van der Waals surface area contributed by atoms with E-state index in [2.05, 4.69) is 18.8 Å². The molecule has 0 aromatic carbocycles. The van der Waals surface area contributed by atoms with Crippen molar-refractivity contribution in [2.24, 2.45) is 10.9 Å². The number of hydrogen-bond acceptors (Lipinski definition) is 1. The number of amides is 1. The van der Waals surface area contributed by atoms with Crippen LogP contribution in [-0.4, -0.2) is 12.1 Å². The Morgan fingerprint density at radius 3 is 2.40 bits per heavy atom. The summed E-state index contributed by atoms with van der Waals surface area (Å²) < 4.78 is 0. The minimum Gasteiger partial charge on any atom is -0.276 e. The third-order valence-corrected chi connectivity index (χ3v) is 2.89. The molecule has 2 heteroatoms. The second-order valence-electron chi connectivity index (χ2n) is 4.21. The molecule has 0 N–H and O–H groups in total. The van der Waals surface area contributed by atoms with E-state index in [-0.39, 0.29) is 0 Å². The molecule has 1 atom stereocenters. The van der Waals surface area contributed by atoms with Crippen LogP contribution in [0.5, 0.6) is 0 Å². The zero-order valence-corrected chi connectivity index (χ0v) is 10.5. The van der Waals surface area contributed by atoms with Crippen molar-refractivity contribution in [3.05, 3.63) is 0 Å². The van der Waals surface area contributed by atoms with E-state index >= 15 is 0 Å². The first-order chi connectivity index (χ1) is 7.26. The lowest BCUT2D eigenvalue weighted by Crippen LogP contribution is -2.11. The summed E-state index contributed by atoms with van der Waals surface area (Å²) in [5.74, 6) is 0.525. The number of aliphatic imine (C=N–C) groups is 1. The Balaban J connectivity index is 3.92. The highest BCUT2D eigenvalue weighted by Gasteiger charge is 2.10. The smallest absolute Gasteiger partial charge is 0.232 e. The maximum absolute atomic E-state index is 10.3. The monoisotopic (exact) mass is 211 g/mol. The number of hydrogen-bond donors (Lipinski definition) is 0. The van der Waals surface area contributed by atoms with Crippen LogP contribution in [0.3, 0.4) is 0 Å². The van der Waals surface area contributed by atoms with E-state index in [0.29, 0.717) is 12.3 Å². The molecule has 15 heavy (non-hydrogen) atoms. The van der Waals surface area contributed by atoms with Crippen LogP contribution < -0.4 is 0 Å². The Kier molecular flexibility index (Phi) is 9.44. The molecule has 0 radical (unpaired) electrons. The summed E-state index contributed by atoms with van der Waals surface area (Å²) >= 11 is 0. The minimum absolute atomic E-state index is 0.525. The molecule has 0 saturated carbocycles. The van der Waals surface area contributed by atoms with Crippen molar-refractivity contribution in [3.8, 4) is 0 Å². The lowest BCUT2D eigenvalue weighted by atomic mass is 9.92. The molecule has 0 aliphatic carbocycles. The van der Waals surface area contributed by atoms with Gasteiger partial charge in [-0.2, -0.15) is 0 Å². The van der Waals surface area contributed by atoms with E-state index in [4.69, 9.17) is 0 Å². The molecule has 88 valence electrons. The van der Waals surface area contributed by atoms with Crippen LogP contribution in [-0.2, 0) is 4.79 Å². The fourth-order valence-electron chi connectivity index (χ4n) is 1.92. The van der Waals surface area contributed by atoms with Crippen molar-refractivity contribution in [3.63, 3.8) is 0 Å². The molecular formula is C13H25NO. The van der Waals surface area contributed by atoms with Gasteiger partial charge in [-0.3, -0.25) is 4.79 Å². The van der Waals surface area contributed by atoms with Crippen molar-refractivity contribution in [1.82, 2.24) is 0 Å². The van der Waals surface area contributed by atoms with Crippen LogP contribution in [0.2, 0.25) is 0 Å². The molecule has 2 nitrogen and oxygen atoms in total. The summed E-state index contributed by atoms with van der Waals surface area (Å²) in [4.78, 5) is 14.2. The lowest BCUT2D eigenvalue weighted by molar-refractivity contribution is -0.106. The summed E-state index contributed by atoms with van der Waals surface area (Å²) in [5.41, 5.74) is 1.02. The van der Waals surface area contributed by atoms with Gasteiger partial charge in [0.15, 0.2) is 0 Å². The van der Waals surface area contributed by atoms with Crippen LogP contribution in [0.4, 0.5) is 0 Å². The van der Waals surface area contributed by atoms with Gasteiger partial charge >= 0.3 is 0 Å². The van der Waals surface area contributed by atoms with Gasteiger partial charge in [-0.05, 0) is 25.7 Å². The predicted molar refractivity (Wildman–Crippen MR) is 66.3 cm³/mol. The number of carbonyl (C=O) groups is 1. The quantitative estimate of drug-likeness (QED) is 0.322. The first-order valence-electron chi connectivity index (χ1n) is 6.24. The van der Waals surface area contributed by atoms with Gasteiger partial charge in [0, 0.05) is 5.71 Å². The highest BCUT2D eigenvalue weighted by molar-refractivity contribution is 5.89. The maximum Gasteiger partial charge on any atom is 0.232 e. The van der Waals surface area contributed by atoms with Gasteiger partial charge in [0.25, 0.3) is 0 Å². The number of carbonyl (C=O) groups excluding carboxylic acids is 1. The standard InChI is InChI=1S/C13H25NO/c1-4-6-7-8-10-13(9-5-2)12(3)14-11-15/h11,13H,4-10H2,1-3H3. The Hall–Kier alpha value is -0.660. The van der Waals surface area contributed by atoms with E-state index in [9.17, 15) is 4.79 Å². The summed E-state index contributed by atoms with van der Waals surface area (Å²) in [6.07, 6.45) is 9.37. The molecule has 0 spiro atoms. The molecule has 1 amide bonds. The molecule has 0 aliphatic heterocycles. The van der Waals surface area contributed by atoms with Gasteiger partial charge < -0.3 is 0 Å². The molecule has 0 heterocycles. The highest BCUT2D eigenvalue weighted by Crippen LogP contribution is 2.17.